The number of hydrogen-bond acceptors (Lipinski definition) is 4. The van der Waals surface area contributed by atoms with Crippen LogP contribution < -0.4 is 14.9 Å². The molecule has 0 spiro atoms. The Hall–Kier alpha value is -3.48. The maximum absolute atomic E-state index is 12.8. The van der Waals surface area contributed by atoms with Crippen LogP contribution in [0, 0.1) is 0 Å². The van der Waals surface area contributed by atoms with E-state index in [0.717, 1.165) is 17.7 Å². The van der Waals surface area contributed by atoms with Gasteiger partial charge in [-0.2, -0.15) is 18.3 Å². The number of ether oxygens (including phenoxy) is 2. The molecule has 7 heteroatoms. The fraction of sp³-hybridized carbons (Fsp3) is 0.136. The van der Waals surface area contributed by atoms with Crippen LogP contribution >= 0.6 is 0 Å². The number of nitrogens with one attached hydrogen (secondary N) is 1. The van der Waals surface area contributed by atoms with Gasteiger partial charge in [0.1, 0.15) is 6.61 Å². The summed E-state index contributed by atoms with van der Waals surface area (Å²) in [4.78, 5) is 0. The number of hydrazone groups is 1. The summed E-state index contributed by atoms with van der Waals surface area (Å²) in [5, 5.41) is 4.05. The van der Waals surface area contributed by atoms with Gasteiger partial charge in [0.05, 0.1) is 24.6 Å². The molecule has 0 fully saturated rings. The van der Waals surface area contributed by atoms with Crippen molar-refractivity contribution >= 4 is 11.9 Å². The molecule has 0 atom stereocenters. The zero-order valence-electron chi connectivity index (χ0n) is 15.6. The van der Waals surface area contributed by atoms with Gasteiger partial charge in [-0.3, -0.25) is 5.43 Å². The number of hydrogen-bond donors (Lipinski definition) is 1. The van der Waals surface area contributed by atoms with Crippen LogP contribution in [0.15, 0.2) is 77.9 Å². The molecule has 0 bridgehead atoms. The summed E-state index contributed by atoms with van der Waals surface area (Å²) in [6, 6.07) is 19.8. The van der Waals surface area contributed by atoms with Gasteiger partial charge >= 0.3 is 6.18 Å². The predicted octanol–water partition coefficient (Wildman–Crippen LogP) is 5.74. The largest absolute Gasteiger partial charge is 0.493 e. The summed E-state index contributed by atoms with van der Waals surface area (Å²) in [6.07, 6.45) is -2.93. The van der Waals surface area contributed by atoms with Gasteiger partial charge in [-0.1, -0.05) is 42.5 Å². The molecule has 29 heavy (non-hydrogen) atoms. The third-order valence-corrected chi connectivity index (χ3v) is 4.04. The van der Waals surface area contributed by atoms with E-state index in [1.165, 1.54) is 25.5 Å². The first-order chi connectivity index (χ1) is 14.0. The van der Waals surface area contributed by atoms with Crippen LogP contribution in [0.5, 0.6) is 11.5 Å². The van der Waals surface area contributed by atoms with Crippen molar-refractivity contribution in [3.8, 4) is 11.5 Å². The molecule has 0 saturated heterocycles. The number of rotatable bonds is 7. The minimum Gasteiger partial charge on any atom is -0.493 e. The Bertz CT molecular complexity index is 973. The molecule has 0 amide bonds. The number of benzene rings is 3. The number of methoxy groups -OCH3 is 1. The maximum Gasteiger partial charge on any atom is 0.416 e. The Labute approximate surface area is 166 Å². The lowest BCUT2D eigenvalue weighted by atomic mass is 10.2. The van der Waals surface area contributed by atoms with Crippen LogP contribution in [0.1, 0.15) is 16.7 Å². The summed E-state index contributed by atoms with van der Waals surface area (Å²) < 4.78 is 49.7. The maximum atomic E-state index is 12.8. The minimum atomic E-state index is -4.41. The molecule has 0 heterocycles. The molecule has 3 aromatic carbocycles. The SMILES string of the molecule is COc1cccc(C=NNc2cccc(C(F)(F)F)c2)c1OCc1ccccc1. The number of anilines is 1. The normalized spacial score (nSPS) is 11.4. The minimum absolute atomic E-state index is 0.228. The molecule has 0 aliphatic rings. The molecule has 0 aliphatic carbocycles. The summed E-state index contributed by atoms with van der Waals surface area (Å²) in [7, 11) is 1.53. The van der Waals surface area contributed by atoms with Gasteiger partial charge in [0.15, 0.2) is 11.5 Å². The number of halogens is 3. The lowest BCUT2D eigenvalue weighted by molar-refractivity contribution is -0.137. The highest BCUT2D eigenvalue weighted by Crippen LogP contribution is 2.32. The van der Waals surface area contributed by atoms with Gasteiger partial charge in [0.2, 0.25) is 0 Å². The second kappa shape index (κ2) is 9.14. The van der Waals surface area contributed by atoms with Crippen molar-refractivity contribution in [1.29, 1.82) is 0 Å². The Balaban J connectivity index is 1.76. The van der Waals surface area contributed by atoms with Gasteiger partial charge in [0, 0.05) is 5.56 Å². The van der Waals surface area contributed by atoms with E-state index >= 15 is 0 Å². The lowest BCUT2D eigenvalue weighted by Gasteiger charge is -2.13. The monoisotopic (exact) mass is 400 g/mol. The zero-order valence-corrected chi connectivity index (χ0v) is 15.6. The summed E-state index contributed by atoms with van der Waals surface area (Å²) in [6.45, 7) is 0.336. The van der Waals surface area contributed by atoms with E-state index in [1.807, 2.05) is 30.3 Å². The first-order valence-electron chi connectivity index (χ1n) is 8.77. The van der Waals surface area contributed by atoms with Gasteiger partial charge in [-0.05, 0) is 35.9 Å². The molecule has 3 aromatic rings. The van der Waals surface area contributed by atoms with Crippen molar-refractivity contribution < 1.29 is 22.6 Å². The molecular weight excluding hydrogens is 381 g/mol. The molecule has 3 rings (SSSR count). The molecule has 0 saturated carbocycles. The Morgan fingerprint density at radius 1 is 0.966 bits per heavy atom. The molecule has 4 nitrogen and oxygen atoms in total. The van der Waals surface area contributed by atoms with Crippen molar-refractivity contribution in [3.05, 3.63) is 89.5 Å². The fourth-order valence-corrected chi connectivity index (χ4v) is 2.62. The van der Waals surface area contributed by atoms with E-state index in [1.54, 1.807) is 18.2 Å². The van der Waals surface area contributed by atoms with Crippen LogP contribution in [-0.2, 0) is 12.8 Å². The molecule has 0 aliphatic heterocycles. The van der Waals surface area contributed by atoms with Crippen molar-refractivity contribution in [1.82, 2.24) is 0 Å². The fourth-order valence-electron chi connectivity index (χ4n) is 2.62. The van der Waals surface area contributed by atoms with Crippen LogP contribution in [-0.4, -0.2) is 13.3 Å². The third kappa shape index (κ3) is 5.51. The average Bonchev–Trinajstić information content (AvgIpc) is 2.73. The number of nitrogens with zero attached hydrogens (tertiary/aromatic N) is 1. The number of alkyl halides is 3. The Morgan fingerprint density at radius 3 is 2.45 bits per heavy atom. The molecular formula is C22H19F3N2O2. The third-order valence-electron chi connectivity index (χ3n) is 4.04. The summed E-state index contributed by atoms with van der Waals surface area (Å²) in [5.74, 6) is 1.03. The molecule has 150 valence electrons. The van der Waals surface area contributed by atoms with E-state index < -0.39 is 11.7 Å². The second-order valence-corrected chi connectivity index (χ2v) is 6.10. The first kappa shape index (κ1) is 20.3. The predicted molar refractivity (Wildman–Crippen MR) is 106 cm³/mol. The van der Waals surface area contributed by atoms with E-state index in [-0.39, 0.29) is 5.69 Å². The van der Waals surface area contributed by atoms with Crippen molar-refractivity contribution in [2.45, 2.75) is 12.8 Å². The zero-order chi connectivity index (χ0) is 20.7. The smallest absolute Gasteiger partial charge is 0.416 e. The van der Waals surface area contributed by atoms with Crippen LogP contribution in [0.4, 0.5) is 18.9 Å². The highest BCUT2D eigenvalue weighted by molar-refractivity contribution is 5.85. The van der Waals surface area contributed by atoms with Gasteiger partial charge in [0.25, 0.3) is 0 Å². The quantitative estimate of drug-likeness (QED) is 0.406. The topological polar surface area (TPSA) is 42.8 Å². The van der Waals surface area contributed by atoms with Crippen molar-refractivity contribution in [3.63, 3.8) is 0 Å². The van der Waals surface area contributed by atoms with E-state index in [0.29, 0.717) is 23.7 Å². The molecule has 0 radical (unpaired) electrons. The summed E-state index contributed by atoms with van der Waals surface area (Å²) >= 11 is 0. The van der Waals surface area contributed by atoms with Crippen LogP contribution in [0.25, 0.3) is 0 Å². The van der Waals surface area contributed by atoms with Crippen molar-refractivity contribution in [2.24, 2.45) is 5.10 Å². The van der Waals surface area contributed by atoms with Crippen molar-refractivity contribution in [2.75, 3.05) is 12.5 Å². The lowest BCUT2D eigenvalue weighted by Crippen LogP contribution is -2.05. The molecule has 1 N–H and O–H groups in total. The van der Waals surface area contributed by atoms with Gasteiger partial charge in [-0.15, -0.1) is 0 Å². The average molecular weight is 400 g/mol. The van der Waals surface area contributed by atoms with E-state index in [9.17, 15) is 13.2 Å². The van der Waals surface area contributed by atoms with Gasteiger partial charge < -0.3 is 9.47 Å². The van der Waals surface area contributed by atoms with E-state index in [2.05, 4.69) is 10.5 Å². The Morgan fingerprint density at radius 2 is 1.72 bits per heavy atom. The standard InChI is InChI=1S/C22H19F3N2O2/c1-28-20-12-5-9-17(21(20)29-15-16-7-3-2-4-8-16)14-26-27-19-11-6-10-18(13-19)22(23,24)25/h2-14,27H,15H2,1H3. The van der Waals surface area contributed by atoms with E-state index in [4.69, 9.17) is 9.47 Å². The number of para-hydroxylation sites is 1. The van der Waals surface area contributed by atoms with Crippen LogP contribution in [0.3, 0.4) is 0 Å². The molecule has 0 unspecified atom stereocenters. The second-order valence-electron chi connectivity index (χ2n) is 6.10. The van der Waals surface area contributed by atoms with Gasteiger partial charge in [-0.25, -0.2) is 0 Å². The highest BCUT2D eigenvalue weighted by atomic mass is 19.4. The first-order valence-corrected chi connectivity index (χ1v) is 8.77. The van der Waals surface area contributed by atoms with Crippen LogP contribution in [0.2, 0.25) is 0 Å². The molecule has 0 aromatic heterocycles. The highest BCUT2D eigenvalue weighted by Gasteiger charge is 2.30. The Kier molecular flexibility index (Phi) is 6.39. The summed E-state index contributed by atoms with van der Waals surface area (Å²) in [5.41, 5.74) is 3.71.